The highest BCUT2D eigenvalue weighted by Crippen LogP contribution is 2.35. The molecule has 10 heteroatoms. The number of imidazole rings is 1. The second-order valence-corrected chi connectivity index (χ2v) is 9.69. The summed E-state index contributed by atoms with van der Waals surface area (Å²) in [6, 6.07) is 3.95. The molecule has 3 N–H and O–H groups in total. The summed E-state index contributed by atoms with van der Waals surface area (Å²) in [5.74, 6) is 2.28. The van der Waals surface area contributed by atoms with E-state index in [1.165, 1.54) is 0 Å². The standard InChI is InChI=1S/C21H26FIN6O2/c1-21(2,3)25-5-4-6-29-16(26-17-18(24)27-20(22)28-19(17)29)10-12-9-14-15(11-13(12)23)31-8-7-30-14/h9,11,25H,4-8,10H2,1-3H3,(H2,24,27,28). The second-order valence-electron chi connectivity index (χ2n) is 8.52. The van der Waals surface area contributed by atoms with Crippen LogP contribution < -0.4 is 20.5 Å². The number of nitrogens with two attached hydrogens (primary N) is 1. The molecule has 0 saturated heterocycles. The molecule has 166 valence electrons. The Kier molecular flexibility index (Phi) is 6.20. The van der Waals surface area contributed by atoms with Gasteiger partial charge >= 0.3 is 6.08 Å². The zero-order valence-electron chi connectivity index (χ0n) is 17.8. The molecule has 3 heterocycles. The van der Waals surface area contributed by atoms with E-state index in [2.05, 4.69) is 63.6 Å². The molecular weight excluding hydrogens is 514 g/mol. The number of benzene rings is 1. The molecule has 1 aliphatic rings. The molecule has 0 aliphatic carbocycles. The number of nitrogen functional groups attached to an aromatic ring is 1. The lowest BCUT2D eigenvalue weighted by molar-refractivity contribution is 0.171. The second kappa shape index (κ2) is 8.73. The highest BCUT2D eigenvalue weighted by atomic mass is 127. The number of nitrogens with zero attached hydrogens (tertiary/aromatic N) is 4. The van der Waals surface area contributed by atoms with E-state index in [-0.39, 0.29) is 11.4 Å². The Balaban J connectivity index is 1.67. The molecule has 0 amide bonds. The monoisotopic (exact) mass is 540 g/mol. The Morgan fingerprint density at radius 2 is 1.87 bits per heavy atom. The maximum Gasteiger partial charge on any atom is 0.312 e. The Morgan fingerprint density at radius 1 is 1.16 bits per heavy atom. The van der Waals surface area contributed by atoms with Crippen molar-refractivity contribution in [3.63, 3.8) is 0 Å². The number of aromatic nitrogens is 4. The fourth-order valence-electron chi connectivity index (χ4n) is 3.52. The third-order valence-corrected chi connectivity index (χ3v) is 5.95. The van der Waals surface area contributed by atoms with Crippen LogP contribution in [0.2, 0.25) is 0 Å². The molecule has 4 rings (SSSR count). The molecular formula is C21H26FIN6O2. The first-order chi connectivity index (χ1) is 14.7. The third kappa shape index (κ3) is 5.00. The first-order valence-corrected chi connectivity index (χ1v) is 11.3. The van der Waals surface area contributed by atoms with Crippen LogP contribution in [0.4, 0.5) is 10.2 Å². The zero-order chi connectivity index (χ0) is 22.2. The Labute approximate surface area is 193 Å². The number of nitrogens with one attached hydrogen (secondary N) is 1. The zero-order valence-corrected chi connectivity index (χ0v) is 20.0. The first kappa shape index (κ1) is 22.0. The van der Waals surface area contributed by atoms with Gasteiger partial charge in [0.05, 0.1) is 0 Å². The normalized spacial score (nSPS) is 13.7. The van der Waals surface area contributed by atoms with Gasteiger partial charge < -0.3 is 25.1 Å². The fourth-order valence-corrected chi connectivity index (χ4v) is 4.15. The van der Waals surface area contributed by atoms with Crippen LogP contribution >= 0.6 is 22.6 Å². The Hall–Kier alpha value is -2.21. The summed E-state index contributed by atoms with van der Waals surface area (Å²) in [6.07, 6.45) is 0.512. The lowest BCUT2D eigenvalue weighted by atomic mass is 10.1. The van der Waals surface area contributed by atoms with Crippen LogP contribution in [0.3, 0.4) is 0 Å². The van der Waals surface area contributed by atoms with Gasteiger partial charge in [-0.2, -0.15) is 14.4 Å². The summed E-state index contributed by atoms with van der Waals surface area (Å²) < 4.78 is 28.3. The Morgan fingerprint density at radius 3 is 2.58 bits per heavy atom. The van der Waals surface area contributed by atoms with Crippen molar-refractivity contribution in [3.8, 4) is 11.5 Å². The van der Waals surface area contributed by atoms with E-state index in [9.17, 15) is 4.39 Å². The summed E-state index contributed by atoms with van der Waals surface area (Å²) in [6.45, 7) is 8.88. The summed E-state index contributed by atoms with van der Waals surface area (Å²) in [7, 11) is 0. The van der Waals surface area contributed by atoms with Crippen molar-refractivity contribution in [2.45, 2.75) is 45.7 Å². The molecule has 3 aromatic rings. The lowest BCUT2D eigenvalue weighted by Crippen LogP contribution is -2.36. The van der Waals surface area contributed by atoms with Crippen LogP contribution in [0.1, 0.15) is 38.6 Å². The highest BCUT2D eigenvalue weighted by molar-refractivity contribution is 14.1. The summed E-state index contributed by atoms with van der Waals surface area (Å²) in [4.78, 5) is 12.3. The summed E-state index contributed by atoms with van der Waals surface area (Å²) >= 11 is 2.28. The van der Waals surface area contributed by atoms with Crippen molar-refractivity contribution in [2.75, 3.05) is 25.5 Å². The van der Waals surface area contributed by atoms with Crippen LogP contribution in [0, 0.1) is 9.65 Å². The van der Waals surface area contributed by atoms with E-state index in [0.29, 0.717) is 37.3 Å². The van der Waals surface area contributed by atoms with Gasteiger partial charge in [0, 0.05) is 22.1 Å². The number of hydrogen-bond donors (Lipinski definition) is 2. The molecule has 0 atom stereocenters. The van der Waals surface area contributed by atoms with Gasteiger partial charge in [-0.25, -0.2) is 4.98 Å². The average Bonchev–Trinajstić information content (AvgIpc) is 3.02. The quantitative estimate of drug-likeness (QED) is 0.281. The predicted octanol–water partition coefficient (Wildman–Crippen LogP) is 3.29. The van der Waals surface area contributed by atoms with E-state index in [0.717, 1.165) is 39.4 Å². The molecule has 2 aromatic heterocycles. The maximum absolute atomic E-state index is 13.9. The number of fused-ring (bicyclic) bond motifs is 2. The van der Waals surface area contributed by atoms with E-state index < -0.39 is 6.08 Å². The SMILES string of the molecule is CC(C)(C)NCCCn1c(Cc2cc3c(cc2I)OCCO3)nc2c(N)nc(F)nc21. The van der Waals surface area contributed by atoms with Crippen LogP contribution in [0.15, 0.2) is 12.1 Å². The molecule has 0 bridgehead atoms. The van der Waals surface area contributed by atoms with Crippen molar-refractivity contribution in [2.24, 2.45) is 0 Å². The van der Waals surface area contributed by atoms with E-state index in [1.54, 1.807) is 0 Å². The molecule has 1 aromatic carbocycles. The minimum absolute atomic E-state index is 0.0276. The number of ether oxygens (including phenoxy) is 2. The summed E-state index contributed by atoms with van der Waals surface area (Å²) in [5, 5.41) is 3.47. The van der Waals surface area contributed by atoms with Gasteiger partial charge in [0.25, 0.3) is 0 Å². The molecule has 0 spiro atoms. The molecule has 8 nitrogen and oxygen atoms in total. The van der Waals surface area contributed by atoms with Gasteiger partial charge in [-0.1, -0.05) is 0 Å². The molecule has 0 saturated carbocycles. The maximum atomic E-state index is 13.9. The van der Waals surface area contributed by atoms with Crippen LogP contribution in [-0.4, -0.2) is 44.8 Å². The summed E-state index contributed by atoms with van der Waals surface area (Å²) in [5.41, 5.74) is 7.86. The smallest absolute Gasteiger partial charge is 0.312 e. The van der Waals surface area contributed by atoms with Gasteiger partial charge in [-0.15, -0.1) is 0 Å². The predicted molar refractivity (Wildman–Crippen MR) is 125 cm³/mol. The van der Waals surface area contributed by atoms with Crippen molar-refractivity contribution >= 4 is 39.6 Å². The van der Waals surface area contributed by atoms with Gasteiger partial charge in [0.1, 0.15) is 19.0 Å². The molecule has 0 fully saturated rings. The van der Waals surface area contributed by atoms with Crippen LogP contribution in [-0.2, 0) is 13.0 Å². The van der Waals surface area contributed by atoms with E-state index in [4.69, 9.17) is 15.2 Å². The van der Waals surface area contributed by atoms with Gasteiger partial charge in [0.2, 0.25) is 0 Å². The topological polar surface area (TPSA) is 100 Å². The fraction of sp³-hybridized carbons (Fsp3) is 0.476. The van der Waals surface area contributed by atoms with Crippen LogP contribution in [0.25, 0.3) is 11.2 Å². The minimum atomic E-state index is -0.848. The number of rotatable bonds is 6. The first-order valence-electron chi connectivity index (χ1n) is 10.2. The number of aryl methyl sites for hydroxylation is 1. The average molecular weight is 540 g/mol. The minimum Gasteiger partial charge on any atom is -0.486 e. The van der Waals surface area contributed by atoms with E-state index in [1.807, 2.05) is 16.7 Å². The molecule has 31 heavy (non-hydrogen) atoms. The number of halogens is 2. The lowest BCUT2D eigenvalue weighted by Gasteiger charge is -2.21. The Bertz CT molecular complexity index is 1110. The molecule has 0 radical (unpaired) electrons. The molecule has 1 aliphatic heterocycles. The van der Waals surface area contributed by atoms with Crippen LogP contribution in [0.5, 0.6) is 11.5 Å². The number of anilines is 1. The van der Waals surface area contributed by atoms with E-state index >= 15 is 0 Å². The van der Waals surface area contributed by atoms with Gasteiger partial charge in [-0.05, 0) is 74.0 Å². The van der Waals surface area contributed by atoms with Crippen molar-refractivity contribution < 1.29 is 13.9 Å². The number of hydrogen-bond acceptors (Lipinski definition) is 7. The van der Waals surface area contributed by atoms with Crippen molar-refractivity contribution in [1.82, 2.24) is 24.8 Å². The highest BCUT2D eigenvalue weighted by Gasteiger charge is 2.20. The van der Waals surface area contributed by atoms with Gasteiger partial charge in [0.15, 0.2) is 28.5 Å². The van der Waals surface area contributed by atoms with Crippen molar-refractivity contribution in [3.05, 3.63) is 33.2 Å². The largest absolute Gasteiger partial charge is 0.486 e. The van der Waals surface area contributed by atoms with Crippen molar-refractivity contribution in [1.29, 1.82) is 0 Å². The third-order valence-electron chi connectivity index (χ3n) is 4.95. The molecule has 0 unspecified atom stereocenters. The van der Waals surface area contributed by atoms with Gasteiger partial charge in [-0.3, -0.25) is 0 Å².